The molecule has 2 heterocycles. The lowest BCUT2D eigenvalue weighted by Crippen LogP contribution is -2.15. The average molecular weight is 287 g/mol. The summed E-state index contributed by atoms with van der Waals surface area (Å²) in [5, 5.41) is 10.8. The third-order valence-corrected chi connectivity index (χ3v) is 3.16. The van der Waals surface area contributed by atoms with Crippen LogP contribution in [0.2, 0.25) is 0 Å². The van der Waals surface area contributed by atoms with Gasteiger partial charge in [-0.25, -0.2) is 0 Å². The van der Waals surface area contributed by atoms with E-state index in [2.05, 4.69) is 15.5 Å². The monoisotopic (exact) mass is 287 g/mol. The molecule has 110 valence electrons. The van der Waals surface area contributed by atoms with Crippen LogP contribution in [-0.4, -0.2) is 19.6 Å². The van der Waals surface area contributed by atoms with Gasteiger partial charge in [0.25, 0.3) is 0 Å². The first-order valence-corrected chi connectivity index (χ1v) is 6.19. The highest BCUT2D eigenvalue weighted by molar-refractivity contribution is 5.46. The lowest BCUT2D eigenvalue weighted by Gasteiger charge is -2.11. The van der Waals surface area contributed by atoms with Crippen molar-refractivity contribution >= 4 is 5.69 Å². The molecule has 2 aromatic heterocycles. The second-order valence-electron chi connectivity index (χ2n) is 4.45. The van der Waals surface area contributed by atoms with E-state index in [0.717, 1.165) is 16.1 Å². The van der Waals surface area contributed by atoms with Crippen LogP contribution in [0.5, 0.6) is 0 Å². The van der Waals surface area contributed by atoms with Crippen molar-refractivity contribution in [1.29, 1.82) is 0 Å². The number of anilines is 1. The Balaban J connectivity index is 2.17. The molecule has 0 fully saturated rings. The van der Waals surface area contributed by atoms with Crippen LogP contribution in [0, 0.1) is 6.92 Å². The summed E-state index contributed by atoms with van der Waals surface area (Å²) in [7, 11) is 1.28. The fourth-order valence-corrected chi connectivity index (χ4v) is 2.11. The second-order valence-corrected chi connectivity index (χ2v) is 4.45. The van der Waals surface area contributed by atoms with Crippen molar-refractivity contribution < 1.29 is 13.2 Å². The quantitative estimate of drug-likeness (QED) is 0.940. The highest BCUT2D eigenvalue weighted by Gasteiger charge is 2.37. The summed E-state index contributed by atoms with van der Waals surface area (Å²) in [6.45, 7) is 4.59. The van der Waals surface area contributed by atoms with Crippen molar-refractivity contribution in [1.82, 2.24) is 19.6 Å². The van der Waals surface area contributed by atoms with Gasteiger partial charge in [-0.3, -0.25) is 9.36 Å². The number of aryl methyl sites for hydroxylation is 2. The molecule has 0 radical (unpaired) electrons. The van der Waals surface area contributed by atoms with Crippen molar-refractivity contribution in [2.24, 2.45) is 7.05 Å². The number of hydrogen-bond donors (Lipinski definition) is 1. The largest absolute Gasteiger partial charge is 0.433 e. The maximum absolute atomic E-state index is 12.9. The first-order valence-electron chi connectivity index (χ1n) is 6.19. The summed E-state index contributed by atoms with van der Waals surface area (Å²) >= 11 is 0. The van der Waals surface area contributed by atoms with Gasteiger partial charge in [-0.2, -0.15) is 23.4 Å². The summed E-state index contributed by atoms with van der Waals surface area (Å²) in [5.74, 6) is 0. The van der Waals surface area contributed by atoms with Gasteiger partial charge in [-0.1, -0.05) is 0 Å². The Kier molecular flexibility index (Phi) is 3.74. The molecule has 0 aromatic carbocycles. The maximum atomic E-state index is 12.9. The average Bonchev–Trinajstić information content (AvgIpc) is 2.89. The highest BCUT2D eigenvalue weighted by atomic mass is 19.4. The number of alkyl halides is 3. The highest BCUT2D eigenvalue weighted by Crippen LogP contribution is 2.31. The minimum absolute atomic E-state index is 0.0545. The first kappa shape index (κ1) is 14.4. The van der Waals surface area contributed by atoms with E-state index in [1.165, 1.54) is 13.2 Å². The molecule has 0 saturated heterocycles. The van der Waals surface area contributed by atoms with Crippen molar-refractivity contribution in [2.45, 2.75) is 33.1 Å². The number of halogens is 3. The van der Waals surface area contributed by atoms with Crippen LogP contribution in [0.3, 0.4) is 0 Å². The Bertz CT molecular complexity index is 597. The lowest BCUT2D eigenvalue weighted by atomic mass is 10.2. The maximum Gasteiger partial charge on any atom is 0.433 e. The molecule has 2 rings (SSSR count). The summed E-state index contributed by atoms with van der Waals surface area (Å²) in [4.78, 5) is 0. The van der Waals surface area contributed by atoms with Gasteiger partial charge < -0.3 is 5.32 Å². The Hall–Kier alpha value is -1.99. The standard InChI is InChI=1S/C12H16F3N5/c1-4-20-8(2)10(7-18-20)16-5-9-6-17-19(3)11(9)12(13,14)15/h6-7,16H,4-5H2,1-3H3. The van der Waals surface area contributed by atoms with Crippen molar-refractivity contribution in [3.8, 4) is 0 Å². The molecule has 8 heteroatoms. The molecule has 0 bridgehead atoms. The molecule has 0 aliphatic carbocycles. The van der Waals surface area contributed by atoms with Gasteiger partial charge in [0, 0.05) is 25.7 Å². The van der Waals surface area contributed by atoms with Gasteiger partial charge in [0.05, 0.1) is 23.8 Å². The van der Waals surface area contributed by atoms with Crippen molar-refractivity contribution in [3.63, 3.8) is 0 Å². The van der Waals surface area contributed by atoms with Crippen LogP contribution in [0.15, 0.2) is 12.4 Å². The molecule has 0 atom stereocenters. The molecular formula is C12H16F3N5. The molecule has 0 amide bonds. The van der Waals surface area contributed by atoms with E-state index in [-0.39, 0.29) is 12.1 Å². The Morgan fingerprint density at radius 3 is 2.50 bits per heavy atom. The summed E-state index contributed by atoms with van der Waals surface area (Å²) in [6, 6.07) is 0. The summed E-state index contributed by atoms with van der Waals surface area (Å²) in [6.07, 6.45) is -1.57. The minimum Gasteiger partial charge on any atom is -0.378 e. The van der Waals surface area contributed by atoms with Gasteiger partial charge in [-0.05, 0) is 13.8 Å². The van der Waals surface area contributed by atoms with E-state index >= 15 is 0 Å². The van der Waals surface area contributed by atoms with Crippen LogP contribution in [0.4, 0.5) is 18.9 Å². The fraction of sp³-hybridized carbons (Fsp3) is 0.500. The van der Waals surface area contributed by atoms with E-state index in [1.54, 1.807) is 10.9 Å². The summed E-state index contributed by atoms with van der Waals surface area (Å²) in [5.41, 5.74) is 1.00. The molecule has 0 saturated carbocycles. The first-order chi connectivity index (χ1) is 9.34. The summed E-state index contributed by atoms with van der Waals surface area (Å²) < 4.78 is 41.3. The molecule has 5 nitrogen and oxygen atoms in total. The zero-order valence-corrected chi connectivity index (χ0v) is 11.5. The van der Waals surface area contributed by atoms with E-state index in [1.807, 2.05) is 13.8 Å². The zero-order chi connectivity index (χ0) is 14.9. The lowest BCUT2D eigenvalue weighted by molar-refractivity contribution is -0.144. The van der Waals surface area contributed by atoms with E-state index in [9.17, 15) is 13.2 Å². The van der Waals surface area contributed by atoms with Crippen LogP contribution < -0.4 is 5.32 Å². The number of nitrogens with zero attached hydrogens (tertiary/aromatic N) is 4. The van der Waals surface area contributed by atoms with Crippen LogP contribution >= 0.6 is 0 Å². The fourth-order valence-electron chi connectivity index (χ4n) is 2.11. The number of hydrogen-bond acceptors (Lipinski definition) is 3. The van der Waals surface area contributed by atoms with Gasteiger partial charge in [-0.15, -0.1) is 0 Å². The zero-order valence-electron chi connectivity index (χ0n) is 11.5. The van der Waals surface area contributed by atoms with E-state index < -0.39 is 11.9 Å². The molecule has 20 heavy (non-hydrogen) atoms. The molecular weight excluding hydrogens is 271 g/mol. The normalized spacial score (nSPS) is 11.9. The van der Waals surface area contributed by atoms with Gasteiger partial charge in [0.2, 0.25) is 0 Å². The smallest absolute Gasteiger partial charge is 0.378 e. The molecule has 0 aliphatic rings. The second kappa shape index (κ2) is 5.18. The molecule has 2 aromatic rings. The van der Waals surface area contributed by atoms with Crippen LogP contribution in [0.1, 0.15) is 23.9 Å². The van der Waals surface area contributed by atoms with Crippen molar-refractivity contribution in [2.75, 3.05) is 5.32 Å². The minimum atomic E-state index is -4.41. The Labute approximate surface area is 114 Å². The Morgan fingerprint density at radius 1 is 1.25 bits per heavy atom. The van der Waals surface area contributed by atoms with Crippen molar-refractivity contribution in [3.05, 3.63) is 29.3 Å². The molecule has 0 spiro atoms. The van der Waals surface area contributed by atoms with E-state index in [0.29, 0.717) is 6.54 Å². The number of aromatic nitrogens is 4. The predicted octanol–water partition coefficient (Wildman–Crippen LogP) is 2.58. The topological polar surface area (TPSA) is 47.7 Å². The van der Waals surface area contributed by atoms with Crippen LogP contribution in [-0.2, 0) is 26.3 Å². The number of rotatable bonds is 4. The van der Waals surface area contributed by atoms with E-state index in [4.69, 9.17) is 0 Å². The van der Waals surface area contributed by atoms with Gasteiger partial charge in [0.15, 0.2) is 0 Å². The molecule has 0 aliphatic heterocycles. The molecule has 0 unspecified atom stereocenters. The van der Waals surface area contributed by atoms with Crippen LogP contribution in [0.25, 0.3) is 0 Å². The molecule has 1 N–H and O–H groups in total. The Morgan fingerprint density at radius 2 is 1.95 bits per heavy atom. The third-order valence-electron chi connectivity index (χ3n) is 3.16. The SMILES string of the molecule is CCn1ncc(NCc2cnn(C)c2C(F)(F)F)c1C. The van der Waals surface area contributed by atoms with Gasteiger partial charge in [0.1, 0.15) is 5.69 Å². The number of nitrogens with one attached hydrogen (secondary N) is 1. The predicted molar refractivity (Wildman–Crippen MR) is 68.2 cm³/mol. The van der Waals surface area contributed by atoms with Gasteiger partial charge >= 0.3 is 6.18 Å². The third kappa shape index (κ3) is 2.63.